The number of benzene rings is 1. The SMILES string of the molecule is CC(C)CN1C(=O)[C@@H](NC(=O)C(F)(F)F)C[C@H]1c1ccccc1. The Kier molecular flexibility index (Phi) is 4.97. The number of rotatable bonds is 4. The van der Waals surface area contributed by atoms with Gasteiger partial charge in [-0.15, -0.1) is 0 Å². The first-order chi connectivity index (χ1) is 10.7. The average Bonchev–Trinajstić information content (AvgIpc) is 2.76. The van der Waals surface area contributed by atoms with Gasteiger partial charge in [0.15, 0.2) is 0 Å². The first-order valence-electron chi connectivity index (χ1n) is 7.43. The number of nitrogens with one attached hydrogen (secondary N) is 1. The van der Waals surface area contributed by atoms with E-state index in [9.17, 15) is 22.8 Å². The molecule has 7 heteroatoms. The molecule has 0 saturated carbocycles. The van der Waals surface area contributed by atoms with Gasteiger partial charge in [0.25, 0.3) is 0 Å². The van der Waals surface area contributed by atoms with Crippen molar-refractivity contribution in [3.63, 3.8) is 0 Å². The van der Waals surface area contributed by atoms with Crippen LogP contribution in [0.1, 0.15) is 31.9 Å². The van der Waals surface area contributed by atoms with E-state index in [0.29, 0.717) is 6.54 Å². The lowest BCUT2D eigenvalue weighted by Crippen LogP contribution is -2.47. The van der Waals surface area contributed by atoms with Gasteiger partial charge in [-0.3, -0.25) is 9.59 Å². The number of nitrogens with zero attached hydrogens (tertiary/aromatic N) is 1. The molecule has 1 saturated heterocycles. The normalized spacial score (nSPS) is 21.8. The molecular weight excluding hydrogens is 309 g/mol. The highest BCUT2D eigenvalue weighted by molar-refractivity contribution is 5.91. The average molecular weight is 328 g/mol. The van der Waals surface area contributed by atoms with Crippen molar-refractivity contribution >= 4 is 11.8 Å². The molecule has 23 heavy (non-hydrogen) atoms. The minimum absolute atomic E-state index is 0.136. The van der Waals surface area contributed by atoms with Gasteiger partial charge in [-0.2, -0.15) is 13.2 Å². The van der Waals surface area contributed by atoms with E-state index < -0.39 is 24.0 Å². The Bertz CT molecular complexity index is 572. The topological polar surface area (TPSA) is 49.4 Å². The maximum Gasteiger partial charge on any atom is 0.471 e. The molecule has 2 atom stereocenters. The number of alkyl halides is 3. The van der Waals surface area contributed by atoms with Crippen molar-refractivity contribution < 1.29 is 22.8 Å². The lowest BCUT2D eigenvalue weighted by atomic mass is 10.0. The number of carbonyl (C=O) groups excluding carboxylic acids is 2. The van der Waals surface area contributed by atoms with Crippen molar-refractivity contribution in [3.05, 3.63) is 35.9 Å². The Balaban J connectivity index is 2.21. The van der Waals surface area contributed by atoms with Crippen molar-refractivity contribution in [2.45, 2.75) is 38.5 Å². The van der Waals surface area contributed by atoms with E-state index in [1.54, 1.807) is 4.90 Å². The van der Waals surface area contributed by atoms with E-state index in [0.717, 1.165) is 5.56 Å². The summed E-state index contributed by atoms with van der Waals surface area (Å²) in [7, 11) is 0. The van der Waals surface area contributed by atoms with E-state index in [1.807, 2.05) is 49.5 Å². The second kappa shape index (κ2) is 6.60. The van der Waals surface area contributed by atoms with Crippen LogP contribution in [0.4, 0.5) is 13.2 Å². The summed E-state index contributed by atoms with van der Waals surface area (Å²) < 4.78 is 37.3. The van der Waals surface area contributed by atoms with Crippen LogP contribution in [-0.4, -0.2) is 35.5 Å². The number of hydrogen-bond acceptors (Lipinski definition) is 2. The maximum absolute atomic E-state index is 12.4. The number of hydrogen-bond donors (Lipinski definition) is 1. The van der Waals surface area contributed by atoms with Gasteiger partial charge in [0.05, 0.1) is 6.04 Å². The second-order valence-electron chi connectivity index (χ2n) is 6.07. The van der Waals surface area contributed by atoms with E-state index in [4.69, 9.17) is 0 Å². The smallest absolute Gasteiger partial charge is 0.336 e. The molecule has 1 N–H and O–H groups in total. The monoisotopic (exact) mass is 328 g/mol. The quantitative estimate of drug-likeness (QED) is 0.924. The molecule has 0 aromatic heterocycles. The van der Waals surface area contributed by atoms with Crippen LogP contribution in [0.2, 0.25) is 0 Å². The summed E-state index contributed by atoms with van der Waals surface area (Å²) >= 11 is 0. The van der Waals surface area contributed by atoms with Gasteiger partial charge in [0.2, 0.25) is 5.91 Å². The summed E-state index contributed by atoms with van der Waals surface area (Å²) in [5.41, 5.74) is 0.852. The fraction of sp³-hybridized carbons (Fsp3) is 0.500. The molecule has 4 nitrogen and oxygen atoms in total. The molecule has 1 fully saturated rings. The minimum atomic E-state index is -4.99. The van der Waals surface area contributed by atoms with Gasteiger partial charge >= 0.3 is 12.1 Å². The standard InChI is InChI=1S/C16H19F3N2O2/c1-10(2)9-21-13(11-6-4-3-5-7-11)8-12(14(21)22)20-15(23)16(17,18)19/h3-7,10,12-13H,8-9H2,1-2H3,(H,20,23)/t12-,13-/m0/s1. The second-order valence-corrected chi connectivity index (χ2v) is 6.07. The molecule has 1 aromatic carbocycles. The number of carbonyl (C=O) groups is 2. The maximum atomic E-state index is 12.4. The number of halogens is 3. The number of amides is 2. The summed E-state index contributed by atoms with van der Waals surface area (Å²) in [5.74, 6) is -2.37. The van der Waals surface area contributed by atoms with Crippen LogP contribution >= 0.6 is 0 Å². The van der Waals surface area contributed by atoms with Gasteiger partial charge < -0.3 is 10.2 Å². The minimum Gasteiger partial charge on any atom is -0.336 e. The summed E-state index contributed by atoms with van der Waals surface area (Å²) in [6.45, 7) is 4.28. The fourth-order valence-corrected chi connectivity index (χ4v) is 2.77. The van der Waals surface area contributed by atoms with E-state index in [2.05, 4.69) is 0 Å². The van der Waals surface area contributed by atoms with E-state index in [-0.39, 0.29) is 18.4 Å². The Morgan fingerprint density at radius 3 is 2.43 bits per heavy atom. The van der Waals surface area contributed by atoms with E-state index >= 15 is 0 Å². The zero-order valence-electron chi connectivity index (χ0n) is 12.9. The van der Waals surface area contributed by atoms with Crippen molar-refractivity contribution in [1.29, 1.82) is 0 Å². The molecule has 1 heterocycles. The highest BCUT2D eigenvalue weighted by Gasteiger charge is 2.46. The van der Waals surface area contributed by atoms with Crippen molar-refractivity contribution in [2.24, 2.45) is 5.92 Å². The molecule has 0 aliphatic carbocycles. The van der Waals surface area contributed by atoms with Gasteiger partial charge in [0.1, 0.15) is 6.04 Å². The van der Waals surface area contributed by atoms with Gasteiger partial charge in [-0.25, -0.2) is 0 Å². The molecular formula is C16H19F3N2O2. The van der Waals surface area contributed by atoms with Crippen LogP contribution < -0.4 is 5.32 Å². The molecule has 0 spiro atoms. The zero-order valence-corrected chi connectivity index (χ0v) is 12.9. The van der Waals surface area contributed by atoms with Gasteiger partial charge in [-0.05, 0) is 11.5 Å². The van der Waals surface area contributed by atoms with Crippen LogP contribution in [0.3, 0.4) is 0 Å². The molecule has 0 unspecified atom stereocenters. The highest BCUT2D eigenvalue weighted by Crippen LogP contribution is 2.34. The predicted octanol–water partition coefficient (Wildman–Crippen LogP) is 2.66. The van der Waals surface area contributed by atoms with Gasteiger partial charge in [0, 0.05) is 13.0 Å². The largest absolute Gasteiger partial charge is 0.471 e. The lowest BCUT2D eigenvalue weighted by Gasteiger charge is -2.26. The molecule has 1 aliphatic heterocycles. The van der Waals surface area contributed by atoms with Crippen molar-refractivity contribution in [2.75, 3.05) is 6.54 Å². The van der Waals surface area contributed by atoms with Crippen LogP contribution in [0, 0.1) is 5.92 Å². The van der Waals surface area contributed by atoms with Crippen molar-refractivity contribution in [3.8, 4) is 0 Å². The summed E-state index contributed by atoms with van der Waals surface area (Å²) in [6, 6.07) is 7.65. The van der Waals surface area contributed by atoms with Crippen LogP contribution in [0.5, 0.6) is 0 Å². The molecule has 1 aliphatic rings. The van der Waals surface area contributed by atoms with Crippen LogP contribution in [-0.2, 0) is 9.59 Å². The third kappa shape index (κ3) is 4.03. The Morgan fingerprint density at radius 1 is 1.30 bits per heavy atom. The summed E-state index contributed by atoms with van der Waals surface area (Å²) in [4.78, 5) is 25.1. The first-order valence-corrected chi connectivity index (χ1v) is 7.43. The predicted molar refractivity (Wildman–Crippen MR) is 78.3 cm³/mol. The molecule has 0 bridgehead atoms. The molecule has 1 aromatic rings. The van der Waals surface area contributed by atoms with Crippen LogP contribution in [0.25, 0.3) is 0 Å². The lowest BCUT2D eigenvalue weighted by molar-refractivity contribution is -0.174. The first kappa shape index (κ1) is 17.3. The molecule has 2 amide bonds. The third-order valence-electron chi connectivity index (χ3n) is 3.73. The molecule has 2 rings (SSSR count). The van der Waals surface area contributed by atoms with E-state index in [1.165, 1.54) is 0 Å². The zero-order chi connectivity index (χ0) is 17.2. The van der Waals surface area contributed by atoms with Gasteiger partial charge in [-0.1, -0.05) is 44.2 Å². The fourth-order valence-electron chi connectivity index (χ4n) is 2.77. The summed E-state index contributed by atoms with van der Waals surface area (Å²) in [5, 5.41) is 1.82. The summed E-state index contributed by atoms with van der Waals surface area (Å²) in [6.07, 6.45) is -4.86. The molecule has 126 valence electrons. The highest BCUT2D eigenvalue weighted by atomic mass is 19.4. The van der Waals surface area contributed by atoms with Crippen LogP contribution in [0.15, 0.2) is 30.3 Å². The van der Waals surface area contributed by atoms with Crippen molar-refractivity contribution in [1.82, 2.24) is 10.2 Å². The third-order valence-corrected chi connectivity index (χ3v) is 3.73. The number of likely N-dealkylation sites (tertiary alicyclic amines) is 1. The Labute approximate surface area is 132 Å². The molecule has 0 radical (unpaired) electrons. The Morgan fingerprint density at radius 2 is 1.91 bits per heavy atom. The Hall–Kier alpha value is -2.05.